The number of carbonyl (C=O) groups excluding carboxylic acids is 2. The summed E-state index contributed by atoms with van der Waals surface area (Å²) in [7, 11) is 0. The summed E-state index contributed by atoms with van der Waals surface area (Å²) in [6.07, 6.45) is 3.12. The summed E-state index contributed by atoms with van der Waals surface area (Å²) in [6, 6.07) is 16.3. The zero-order chi connectivity index (χ0) is 22.4. The fourth-order valence-corrected chi connectivity index (χ4v) is 4.19. The summed E-state index contributed by atoms with van der Waals surface area (Å²) >= 11 is 3.47. The Morgan fingerprint density at radius 1 is 1.13 bits per heavy atom. The monoisotopic (exact) mass is 482 g/mol. The van der Waals surface area contributed by atoms with E-state index >= 15 is 0 Å². The molecule has 0 spiro atoms. The molecule has 1 aliphatic rings. The van der Waals surface area contributed by atoms with Crippen molar-refractivity contribution in [2.75, 3.05) is 26.2 Å². The van der Waals surface area contributed by atoms with E-state index in [0.717, 1.165) is 28.7 Å². The lowest BCUT2D eigenvalue weighted by atomic mass is 9.95. The van der Waals surface area contributed by atoms with Crippen LogP contribution in [-0.4, -0.2) is 52.8 Å². The summed E-state index contributed by atoms with van der Waals surface area (Å²) < 4.78 is 0.846. The molecule has 5 nitrogen and oxygen atoms in total. The second kappa shape index (κ2) is 10.6. The Morgan fingerprint density at radius 2 is 1.84 bits per heavy atom. The van der Waals surface area contributed by atoms with Gasteiger partial charge >= 0.3 is 0 Å². The Hall–Kier alpha value is -2.70. The minimum atomic E-state index is -0.631. The molecule has 1 atom stereocenters. The molecule has 1 amide bonds. The van der Waals surface area contributed by atoms with E-state index in [1.54, 1.807) is 11.0 Å². The predicted molar refractivity (Wildman–Crippen MR) is 127 cm³/mol. The second-order valence-electron chi connectivity index (χ2n) is 7.35. The molecule has 1 unspecified atom stereocenters. The van der Waals surface area contributed by atoms with E-state index in [1.807, 2.05) is 54.6 Å². The normalized spacial score (nSPS) is 16.7. The molecule has 0 saturated carbocycles. The number of hydrogen-bond donors (Lipinski definition) is 1. The molecule has 31 heavy (non-hydrogen) atoms. The largest absolute Gasteiger partial charge is 0.503 e. The number of amides is 1. The van der Waals surface area contributed by atoms with Crippen molar-refractivity contribution in [3.8, 4) is 0 Å². The number of rotatable bonds is 9. The molecule has 6 heteroatoms. The minimum Gasteiger partial charge on any atom is -0.503 e. The Balaban J connectivity index is 1.95. The fourth-order valence-electron chi connectivity index (χ4n) is 3.77. The van der Waals surface area contributed by atoms with Gasteiger partial charge in [-0.15, -0.1) is 0 Å². The number of likely N-dealkylation sites (N-methyl/N-ethyl adjacent to an activating group) is 1. The van der Waals surface area contributed by atoms with Gasteiger partial charge in [-0.05, 0) is 42.4 Å². The first-order valence-corrected chi connectivity index (χ1v) is 11.2. The Kier molecular flexibility index (Phi) is 7.82. The lowest BCUT2D eigenvalue weighted by Crippen LogP contribution is -2.38. The quantitative estimate of drug-likeness (QED) is 0.522. The highest BCUT2D eigenvalue weighted by atomic mass is 79.9. The topological polar surface area (TPSA) is 60.9 Å². The third-order valence-corrected chi connectivity index (χ3v) is 6.01. The van der Waals surface area contributed by atoms with Crippen LogP contribution in [-0.2, 0) is 9.59 Å². The number of allylic oxidation sites excluding steroid dienone is 1. The molecule has 0 saturated heterocycles. The third kappa shape index (κ3) is 5.32. The second-order valence-corrected chi connectivity index (χ2v) is 8.27. The number of carbonyl (C=O) groups is 2. The molecule has 0 bridgehead atoms. The maximum atomic E-state index is 13.1. The minimum absolute atomic E-state index is 0.120. The van der Waals surface area contributed by atoms with Gasteiger partial charge in [-0.1, -0.05) is 78.3 Å². The van der Waals surface area contributed by atoms with Gasteiger partial charge in [-0.25, -0.2) is 0 Å². The van der Waals surface area contributed by atoms with Crippen molar-refractivity contribution < 1.29 is 14.7 Å². The van der Waals surface area contributed by atoms with E-state index in [-0.39, 0.29) is 11.4 Å². The molecule has 3 rings (SSSR count). The van der Waals surface area contributed by atoms with E-state index < -0.39 is 17.7 Å². The third-order valence-electron chi connectivity index (χ3n) is 5.51. The summed E-state index contributed by atoms with van der Waals surface area (Å²) in [5, 5.41) is 10.7. The van der Waals surface area contributed by atoms with Crippen LogP contribution >= 0.6 is 15.9 Å². The van der Waals surface area contributed by atoms with Crippen LogP contribution in [0.1, 0.15) is 31.0 Å². The molecular weight excluding hydrogens is 456 g/mol. The first kappa shape index (κ1) is 23.0. The van der Waals surface area contributed by atoms with Gasteiger partial charge in [0.15, 0.2) is 11.5 Å². The van der Waals surface area contributed by atoms with Crippen molar-refractivity contribution >= 4 is 33.7 Å². The molecule has 0 fully saturated rings. The zero-order valence-corrected chi connectivity index (χ0v) is 19.4. The SMILES string of the molecule is CCN(CC)CCN1C(=O)C(O)=C(C(=O)C=Cc2ccccc2)C1c1cccc(Br)c1. The van der Waals surface area contributed by atoms with Crippen LogP contribution in [0.4, 0.5) is 0 Å². The van der Waals surface area contributed by atoms with Gasteiger partial charge in [0, 0.05) is 17.6 Å². The van der Waals surface area contributed by atoms with Crippen molar-refractivity contribution in [3.63, 3.8) is 0 Å². The van der Waals surface area contributed by atoms with Gasteiger partial charge in [0.1, 0.15) is 0 Å². The highest BCUT2D eigenvalue weighted by Gasteiger charge is 2.42. The Morgan fingerprint density at radius 3 is 2.48 bits per heavy atom. The molecule has 1 N–H and O–H groups in total. The molecule has 0 aliphatic carbocycles. The van der Waals surface area contributed by atoms with Crippen LogP contribution in [0, 0.1) is 0 Å². The van der Waals surface area contributed by atoms with E-state index in [0.29, 0.717) is 13.1 Å². The number of benzene rings is 2. The smallest absolute Gasteiger partial charge is 0.290 e. The number of halogens is 1. The standard InChI is InChI=1S/C25H27BrN2O3/c1-3-27(4-2)15-16-28-23(19-11-8-12-20(26)17-19)22(24(30)25(28)31)21(29)14-13-18-9-6-5-7-10-18/h5-14,17,23,30H,3-4,15-16H2,1-2H3. The van der Waals surface area contributed by atoms with E-state index in [9.17, 15) is 14.7 Å². The molecule has 0 aromatic heterocycles. The molecule has 0 radical (unpaired) electrons. The molecule has 1 heterocycles. The van der Waals surface area contributed by atoms with Gasteiger partial charge in [0.2, 0.25) is 0 Å². The molecule has 162 valence electrons. The lowest BCUT2D eigenvalue weighted by Gasteiger charge is -2.29. The molecule has 2 aromatic carbocycles. The van der Waals surface area contributed by atoms with Crippen molar-refractivity contribution in [1.29, 1.82) is 0 Å². The summed E-state index contributed by atoms with van der Waals surface area (Å²) in [4.78, 5) is 29.9. The summed E-state index contributed by atoms with van der Waals surface area (Å²) in [6.45, 7) is 6.95. The van der Waals surface area contributed by atoms with Crippen LogP contribution in [0.2, 0.25) is 0 Å². The van der Waals surface area contributed by atoms with Crippen molar-refractivity contribution in [3.05, 3.63) is 87.6 Å². The van der Waals surface area contributed by atoms with Crippen molar-refractivity contribution in [2.24, 2.45) is 0 Å². The van der Waals surface area contributed by atoms with Crippen LogP contribution in [0.25, 0.3) is 6.08 Å². The predicted octanol–water partition coefficient (Wildman–Crippen LogP) is 4.77. The number of aliphatic hydroxyl groups excluding tert-OH is 1. The van der Waals surface area contributed by atoms with Gasteiger partial charge in [-0.2, -0.15) is 0 Å². The molecule has 1 aliphatic heterocycles. The number of hydrogen-bond acceptors (Lipinski definition) is 4. The first-order valence-electron chi connectivity index (χ1n) is 10.5. The van der Waals surface area contributed by atoms with Crippen LogP contribution in [0.15, 0.2) is 76.5 Å². The van der Waals surface area contributed by atoms with E-state index in [1.165, 1.54) is 6.08 Å². The van der Waals surface area contributed by atoms with Crippen molar-refractivity contribution in [2.45, 2.75) is 19.9 Å². The highest BCUT2D eigenvalue weighted by molar-refractivity contribution is 9.10. The number of aliphatic hydroxyl groups is 1. The van der Waals surface area contributed by atoms with Gasteiger partial charge in [0.25, 0.3) is 5.91 Å². The van der Waals surface area contributed by atoms with Crippen molar-refractivity contribution in [1.82, 2.24) is 9.80 Å². The number of ketones is 1. The van der Waals surface area contributed by atoms with E-state index in [4.69, 9.17) is 0 Å². The van der Waals surface area contributed by atoms with Gasteiger partial charge in [-0.3, -0.25) is 9.59 Å². The Bertz CT molecular complexity index is 997. The Labute approximate surface area is 191 Å². The molecular formula is C25H27BrN2O3. The van der Waals surface area contributed by atoms with Crippen LogP contribution < -0.4 is 0 Å². The van der Waals surface area contributed by atoms with Gasteiger partial charge in [0.05, 0.1) is 11.6 Å². The fraction of sp³-hybridized carbons (Fsp3) is 0.280. The summed E-state index contributed by atoms with van der Waals surface area (Å²) in [5.74, 6) is -1.34. The van der Waals surface area contributed by atoms with E-state index in [2.05, 4.69) is 34.7 Å². The van der Waals surface area contributed by atoms with Gasteiger partial charge < -0.3 is 14.9 Å². The van der Waals surface area contributed by atoms with Crippen LogP contribution in [0.3, 0.4) is 0 Å². The average Bonchev–Trinajstić information content (AvgIpc) is 3.04. The summed E-state index contributed by atoms with van der Waals surface area (Å²) in [5.41, 5.74) is 1.77. The maximum Gasteiger partial charge on any atom is 0.290 e. The highest BCUT2D eigenvalue weighted by Crippen LogP contribution is 2.38. The number of nitrogens with zero attached hydrogens (tertiary/aromatic N) is 2. The first-order chi connectivity index (χ1) is 15.0. The average molecular weight is 483 g/mol. The maximum absolute atomic E-state index is 13.1. The van der Waals surface area contributed by atoms with Crippen LogP contribution in [0.5, 0.6) is 0 Å². The lowest BCUT2D eigenvalue weighted by molar-refractivity contribution is -0.129. The zero-order valence-electron chi connectivity index (χ0n) is 17.8. The molecule has 2 aromatic rings.